The van der Waals surface area contributed by atoms with Crippen molar-refractivity contribution >= 4 is 23.5 Å². The molecule has 6 heteroatoms. The molecule has 0 radical (unpaired) electrons. The molecule has 1 aromatic rings. The van der Waals surface area contributed by atoms with Crippen LogP contribution in [0, 0.1) is 0 Å². The highest BCUT2D eigenvalue weighted by atomic mass is 32.2. The molecule has 90 valence electrons. The van der Waals surface area contributed by atoms with Crippen molar-refractivity contribution in [3.63, 3.8) is 0 Å². The summed E-state index contributed by atoms with van der Waals surface area (Å²) in [5.41, 5.74) is -3.37. The summed E-state index contributed by atoms with van der Waals surface area (Å²) < 4.78 is 35.5. The first-order chi connectivity index (χ1) is 7.51. The van der Waals surface area contributed by atoms with Crippen LogP contribution in [0.1, 0.15) is 5.56 Å². The van der Waals surface area contributed by atoms with Crippen LogP contribution in [0.25, 0.3) is 0 Å². The zero-order valence-electron chi connectivity index (χ0n) is 8.33. The SMILES string of the molecule is OCc1cccc(SCCSC(F)(F)F)c1. The monoisotopic (exact) mass is 268 g/mol. The maximum atomic E-state index is 11.8. The van der Waals surface area contributed by atoms with Gasteiger partial charge in [-0.3, -0.25) is 0 Å². The molecular weight excluding hydrogens is 257 g/mol. The van der Waals surface area contributed by atoms with E-state index in [9.17, 15) is 13.2 Å². The Morgan fingerprint density at radius 2 is 1.94 bits per heavy atom. The third-order valence-corrected chi connectivity index (χ3v) is 3.69. The number of benzene rings is 1. The number of halogens is 3. The molecule has 0 unspecified atom stereocenters. The van der Waals surface area contributed by atoms with Gasteiger partial charge in [-0.15, -0.1) is 11.8 Å². The number of alkyl halides is 3. The number of aliphatic hydroxyl groups excluding tert-OH is 1. The van der Waals surface area contributed by atoms with E-state index < -0.39 is 5.51 Å². The first-order valence-electron chi connectivity index (χ1n) is 4.54. The minimum Gasteiger partial charge on any atom is -0.392 e. The Labute approximate surface area is 100 Å². The Hall–Kier alpha value is -0.330. The Morgan fingerprint density at radius 3 is 2.56 bits per heavy atom. The van der Waals surface area contributed by atoms with E-state index in [0.29, 0.717) is 5.75 Å². The number of rotatable bonds is 5. The predicted molar refractivity (Wildman–Crippen MR) is 61.6 cm³/mol. The molecule has 0 spiro atoms. The molecule has 1 aromatic carbocycles. The number of thioether (sulfide) groups is 2. The van der Waals surface area contributed by atoms with E-state index in [2.05, 4.69) is 0 Å². The lowest BCUT2D eigenvalue weighted by Gasteiger charge is -2.05. The minimum atomic E-state index is -4.15. The van der Waals surface area contributed by atoms with E-state index in [1.807, 2.05) is 6.07 Å². The molecule has 1 rings (SSSR count). The van der Waals surface area contributed by atoms with E-state index in [0.717, 1.165) is 10.5 Å². The number of hydrogen-bond acceptors (Lipinski definition) is 3. The summed E-state index contributed by atoms with van der Waals surface area (Å²) in [5.74, 6) is 0.441. The lowest BCUT2D eigenvalue weighted by atomic mass is 10.2. The molecule has 0 aromatic heterocycles. The van der Waals surface area contributed by atoms with Gasteiger partial charge in [0, 0.05) is 16.4 Å². The molecule has 0 heterocycles. The summed E-state index contributed by atoms with van der Waals surface area (Å²) in [5, 5.41) is 8.88. The summed E-state index contributed by atoms with van der Waals surface area (Å²) >= 11 is 1.35. The van der Waals surface area contributed by atoms with Gasteiger partial charge >= 0.3 is 5.51 Å². The van der Waals surface area contributed by atoms with Gasteiger partial charge in [-0.2, -0.15) is 13.2 Å². The quantitative estimate of drug-likeness (QED) is 0.651. The van der Waals surface area contributed by atoms with Gasteiger partial charge in [0.05, 0.1) is 6.61 Å². The number of hydrogen-bond donors (Lipinski definition) is 1. The van der Waals surface area contributed by atoms with Crippen LogP contribution >= 0.6 is 23.5 Å². The van der Waals surface area contributed by atoms with E-state index in [1.54, 1.807) is 18.2 Å². The van der Waals surface area contributed by atoms with Crippen LogP contribution in [0.5, 0.6) is 0 Å². The third kappa shape index (κ3) is 5.67. The molecule has 0 amide bonds. The molecule has 0 bridgehead atoms. The van der Waals surface area contributed by atoms with Crippen molar-refractivity contribution in [1.82, 2.24) is 0 Å². The van der Waals surface area contributed by atoms with Crippen LogP contribution in [0.2, 0.25) is 0 Å². The maximum Gasteiger partial charge on any atom is 0.441 e. The van der Waals surface area contributed by atoms with Gasteiger partial charge in [-0.05, 0) is 17.7 Å². The van der Waals surface area contributed by atoms with Gasteiger partial charge in [0.25, 0.3) is 0 Å². The number of aliphatic hydroxyl groups is 1. The maximum absolute atomic E-state index is 11.8. The fourth-order valence-electron chi connectivity index (χ4n) is 1.05. The highest BCUT2D eigenvalue weighted by molar-refractivity contribution is 8.03. The molecule has 16 heavy (non-hydrogen) atoms. The van der Waals surface area contributed by atoms with Gasteiger partial charge in [0.1, 0.15) is 0 Å². The molecule has 1 nitrogen and oxygen atoms in total. The van der Waals surface area contributed by atoms with Crippen molar-refractivity contribution in [1.29, 1.82) is 0 Å². The van der Waals surface area contributed by atoms with Gasteiger partial charge in [0.15, 0.2) is 0 Å². The Balaban J connectivity index is 2.32. The minimum absolute atomic E-state index is 0.00745. The lowest BCUT2D eigenvalue weighted by molar-refractivity contribution is -0.0326. The highest BCUT2D eigenvalue weighted by Crippen LogP contribution is 2.31. The first kappa shape index (κ1) is 13.7. The molecule has 0 aliphatic heterocycles. The summed E-state index contributed by atoms with van der Waals surface area (Å²) in [6.45, 7) is -0.0499. The van der Waals surface area contributed by atoms with Crippen molar-refractivity contribution in [3.8, 4) is 0 Å². The van der Waals surface area contributed by atoms with Crippen LogP contribution in [0.3, 0.4) is 0 Å². The molecule has 0 saturated carbocycles. The average molecular weight is 268 g/mol. The summed E-state index contributed by atoms with van der Waals surface area (Å²) in [6.07, 6.45) is 0. The zero-order valence-corrected chi connectivity index (χ0v) is 9.96. The average Bonchev–Trinajstić information content (AvgIpc) is 2.23. The van der Waals surface area contributed by atoms with Crippen molar-refractivity contribution in [2.75, 3.05) is 11.5 Å². The molecular formula is C10H11F3OS2. The van der Waals surface area contributed by atoms with Crippen molar-refractivity contribution < 1.29 is 18.3 Å². The van der Waals surface area contributed by atoms with Gasteiger partial charge in [-0.1, -0.05) is 23.9 Å². The van der Waals surface area contributed by atoms with E-state index in [1.165, 1.54) is 11.8 Å². The molecule has 1 N–H and O–H groups in total. The van der Waals surface area contributed by atoms with Crippen molar-refractivity contribution in [2.45, 2.75) is 17.0 Å². The van der Waals surface area contributed by atoms with E-state index >= 15 is 0 Å². The normalized spacial score (nSPS) is 11.8. The second-order valence-corrected chi connectivity index (χ2v) is 5.28. The summed E-state index contributed by atoms with van der Waals surface area (Å²) in [7, 11) is 0. The topological polar surface area (TPSA) is 20.2 Å². The van der Waals surface area contributed by atoms with Crippen LogP contribution in [0.15, 0.2) is 29.2 Å². The largest absolute Gasteiger partial charge is 0.441 e. The van der Waals surface area contributed by atoms with Crippen molar-refractivity contribution in [3.05, 3.63) is 29.8 Å². The van der Waals surface area contributed by atoms with Crippen LogP contribution in [0.4, 0.5) is 13.2 Å². The summed E-state index contributed by atoms with van der Waals surface area (Å²) in [4.78, 5) is 0.884. The Morgan fingerprint density at radius 1 is 1.19 bits per heavy atom. The fourth-order valence-corrected chi connectivity index (χ4v) is 2.59. The molecule has 0 saturated heterocycles. The first-order valence-corrected chi connectivity index (χ1v) is 6.51. The predicted octanol–water partition coefficient (Wildman–Crippen LogP) is 3.52. The molecule has 0 aliphatic rings. The second-order valence-electron chi connectivity index (χ2n) is 2.95. The standard InChI is InChI=1S/C10H11F3OS2/c11-10(12,13)16-5-4-15-9-3-1-2-8(6-9)7-14/h1-3,6,14H,4-5,7H2. The second kappa shape index (κ2) is 6.42. The van der Waals surface area contributed by atoms with Gasteiger partial charge in [0.2, 0.25) is 0 Å². The van der Waals surface area contributed by atoms with Crippen molar-refractivity contribution in [2.24, 2.45) is 0 Å². The zero-order chi connectivity index (χ0) is 12.0. The molecule has 0 fully saturated rings. The van der Waals surface area contributed by atoms with Crippen LogP contribution < -0.4 is 0 Å². The smallest absolute Gasteiger partial charge is 0.392 e. The third-order valence-electron chi connectivity index (χ3n) is 1.70. The van der Waals surface area contributed by atoms with Gasteiger partial charge < -0.3 is 5.11 Å². The fraction of sp³-hybridized carbons (Fsp3) is 0.400. The van der Waals surface area contributed by atoms with Gasteiger partial charge in [-0.25, -0.2) is 0 Å². The van der Waals surface area contributed by atoms with E-state index in [-0.39, 0.29) is 24.1 Å². The highest BCUT2D eigenvalue weighted by Gasteiger charge is 2.27. The molecule has 0 aliphatic carbocycles. The summed E-state index contributed by atoms with van der Waals surface area (Å²) in [6, 6.07) is 7.16. The Kier molecular flexibility index (Phi) is 5.51. The Bertz CT molecular complexity index is 328. The molecule has 0 atom stereocenters. The lowest BCUT2D eigenvalue weighted by Crippen LogP contribution is -2.02. The van der Waals surface area contributed by atoms with Crippen LogP contribution in [-0.4, -0.2) is 22.1 Å². The van der Waals surface area contributed by atoms with E-state index in [4.69, 9.17) is 5.11 Å². The van der Waals surface area contributed by atoms with Crippen LogP contribution in [-0.2, 0) is 6.61 Å².